The zero-order valence-electron chi connectivity index (χ0n) is 11.0. The number of benzene rings is 1. The van der Waals surface area contributed by atoms with E-state index in [1.165, 1.54) is 0 Å². The summed E-state index contributed by atoms with van der Waals surface area (Å²) in [6.45, 7) is 7.24. The first-order valence-corrected chi connectivity index (χ1v) is 6.40. The normalized spacial score (nSPS) is 10.8. The van der Waals surface area contributed by atoms with Crippen LogP contribution in [0.3, 0.4) is 0 Å². The van der Waals surface area contributed by atoms with Crippen molar-refractivity contribution in [3.63, 3.8) is 0 Å². The van der Waals surface area contributed by atoms with Gasteiger partial charge in [-0.1, -0.05) is 25.1 Å². The molecule has 1 aromatic carbocycles. The largest absolute Gasteiger partial charge is 0.494 e. The average Bonchev–Trinajstić information content (AvgIpc) is 2.38. The van der Waals surface area contributed by atoms with E-state index in [0.29, 0.717) is 0 Å². The van der Waals surface area contributed by atoms with Crippen LogP contribution in [-0.2, 0) is 0 Å². The Morgan fingerprint density at radius 2 is 1.94 bits per heavy atom. The molecule has 1 aromatic rings. The van der Waals surface area contributed by atoms with Gasteiger partial charge in [-0.25, -0.2) is 0 Å². The number of hydrogen-bond donors (Lipinski definition) is 1. The van der Waals surface area contributed by atoms with Crippen LogP contribution in [0, 0.1) is 0 Å². The van der Waals surface area contributed by atoms with Gasteiger partial charge in [0.25, 0.3) is 0 Å². The lowest BCUT2D eigenvalue weighted by Crippen LogP contribution is -2.30. The van der Waals surface area contributed by atoms with Gasteiger partial charge < -0.3 is 15.0 Å². The van der Waals surface area contributed by atoms with Gasteiger partial charge in [-0.2, -0.15) is 0 Å². The maximum absolute atomic E-state index is 5.60. The first-order chi connectivity index (χ1) is 8.33. The van der Waals surface area contributed by atoms with Crippen molar-refractivity contribution < 1.29 is 4.74 Å². The minimum absolute atomic E-state index is 0.778. The van der Waals surface area contributed by atoms with E-state index in [1.54, 1.807) is 0 Å². The van der Waals surface area contributed by atoms with Gasteiger partial charge >= 0.3 is 0 Å². The second-order valence-electron chi connectivity index (χ2n) is 4.16. The summed E-state index contributed by atoms with van der Waals surface area (Å²) in [6, 6.07) is 9.97. The molecule has 0 spiro atoms. The SMILES string of the molecule is CCN(C)CCNCCCOc1ccccc1. The predicted octanol–water partition coefficient (Wildman–Crippen LogP) is 2.00. The molecule has 0 aliphatic carbocycles. The Balaban J connectivity index is 1.91. The summed E-state index contributed by atoms with van der Waals surface area (Å²) < 4.78 is 5.60. The van der Waals surface area contributed by atoms with Gasteiger partial charge in [0.05, 0.1) is 6.61 Å². The second kappa shape index (κ2) is 9.02. The summed E-state index contributed by atoms with van der Waals surface area (Å²) in [7, 11) is 2.14. The molecule has 0 unspecified atom stereocenters. The summed E-state index contributed by atoms with van der Waals surface area (Å²) in [6.07, 6.45) is 1.05. The van der Waals surface area contributed by atoms with Crippen LogP contribution in [0.15, 0.2) is 30.3 Å². The molecular weight excluding hydrogens is 212 g/mol. The van der Waals surface area contributed by atoms with Crippen LogP contribution in [-0.4, -0.2) is 44.7 Å². The Morgan fingerprint density at radius 1 is 1.18 bits per heavy atom. The summed E-state index contributed by atoms with van der Waals surface area (Å²) in [5.41, 5.74) is 0. The molecule has 0 saturated carbocycles. The van der Waals surface area contributed by atoms with Gasteiger partial charge in [0.1, 0.15) is 5.75 Å². The van der Waals surface area contributed by atoms with E-state index in [4.69, 9.17) is 4.74 Å². The molecule has 0 heterocycles. The van der Waals surface area contributed by atoms with Crippen molar-refractivity contribution in [3.05, 3.63) is 30.3 Å². The minimum atomic E-state index is 0.778. The van der Waals surface area contributed by atoms with Crippen LogP contribution < -0.4 is 10.1 Å². The quantitative estimate of drug-likeness (QED) is 0.664. The maximum Gasteiger partial charge on any atom is 0.119 e. The van der Waals surface area contributed by atoms with Crippen molar-refractivity contribution in [2.75, 3.05) is 39.8 Å². The van der Waals surface area contributed by atoms with Crippen LogP contribution >= 0.6 is 0 Å². The molecular formula is C14H24N2O. The van der Waals surface area contributed by atoms with Gasteiger partial charge in [-0.15, -0.1) is 0 Å². The fourth-order valence-corrected chi connectivity index (χ4v) is 1.46. The lowest BCUT2D eigenvalue weighted by Gasteiger charge is -2.14. The highest BCUT2D eigenvalue weighted by Gasteiger charge is 1.94. The third-order valence-electron chi connectivity index (χ3n) is 2.72. The number of para-hydroxylation sites is 1. The van der Waals surface area contributed by atoms with E-state index in [9.17, 15) is 0 Å². The lowest BCUT2D eigenvalue weighted by atomic mass is 10.3. The van der Waals surface area contributed by atoms with Gasteiger partial charge in [0.15, 0.2) is 0 Å². The molecule has 0 amide bonds. The fraction of sp³-hybridized carbons (Fsp3) is 0.571. The minimum Gasteiger partial charge on any atom is -0.494 e. The molecule has 0 radical (unpaired) electrons. The number of rotatable bonds is 9. The lowest BCUT2D eigenvalue weighted by molar-refractivity contribution is 0.303. The summed E-state index contributed by atoms with van der Waals surface area (Å²) in [4.78, 5) is 2.30. The third-order valence-corrected chi connectivity index (χ3v) is 2.72. The predicted molar refractivity (Wildman–Crippen MR) is 72.6 cm³/mol. The number of nitrogens with one attached hydrogen (secondary N) is 1. The van der Waals surface area contributed by atoms with Crippen LogP contribution in [0.5, 0.6) is 5.75 Å². The average molecular weight is 236 g/mol. The first-order valence-electron chi connectivity index (χ1n) is 6.40. The van der Waals surface area contributed by atoms with Gasteiger partial charge in [-0.05, 0) is 38.7 Å². The van der Waals surface area contributed by atoms with E-state index in [2.05, 4.69) is 24.2 Å². The van der Waals surface area contributed by atoms with Crippen LogP contribution in [0.25, 0.3) is 0 Å². The molecule has 0 fully saturated rings. The standard InChI is InChI=1S/C14H24N2O/c1-3-16(2)12-11-15-10-7-13-17-14-8-5-4-6-9-14/h4-6,8-9,15H,3,7,10-13H2,1-2H3. The van der Waals surface area contributed by atoms with E-state index >= 15 is 0 Å². The van der Waals surface area contributed by atoms with Crippen molar-refractivity contribution in [1.29, 1.82) is 0 Å². The molecule has 96 valence electrons. The highest BCUT2D eigenvalue weighted by atomic mass is 16.5. The second-order valence-corrected chi connectivity index (χ2v) is 4.16. The van der Waals surface area contributed by atoms with Crippen molar-refractivity contribution in [2.45, 2.75) is 13.3 Å². The number of likely N-dealkylation sites (N-methyl/N-ethyl adjacent to an activating group) is 1. The zero-order valence-corrected chi connectivity index (χ0v) is 11.0. The van der Waals surface area contributed by atoms with E-state index in [-0.39, 0.29) is 0 Å². The van der Waals surface area contributed by atoms with Gasteiger partial charge in [-0.3, -0.25) is 0 Å². The zero-order chi connectivity index (χ0) is 12.3. The van der Waals surface area contributed by atoms with Crippen molar-refractivity contribution >= 4 is 0 Å². The number of nitrogens with zero attached hydrogens (tertiary/aromatic N) is 1. The topological polar surface area (TPSA) is 24.5 Å². The Morgan fingerprint density at radius 3 is 2.65 bits per heavy atom. The molecule has 0 aliphatic rings. The van der Waals surface area contributed by atoms with Crippen molar-refractivity contribution in [2.24, 2.45) is 0 Å². The first kappa shape index (κ1) is 14.0. The summed E-state index contributed by atoms with van der Waals surface area (Å²) in [5, 5.41) is 3.42. The molecule has 0 bridgehead atoms. The van der Waals surface area contributed by atoms with Gasteiger partial charge in [0, 0.05) is 13.1 Å². The van der Waals surface area contributed by atoms with Crippen LogP contribution in [0.1, 0.15) is 13.3 Å². The van der Waals surface area contributed by atoms with E-state index in [0.717, 1.165) is 45.0 Å². The monoisotopic (exact) mass is 236 g/mol. The van der Waals surface area contributed by atoms with Crippen LogP contribution in [0.4, 0.5) is 0 Å². The molecule has 0 atom stereocenters. The summed E-state index contributed by atoms with van der Waals surface area (Å²) in [5.74, 6) is 0.957. The molecule has 3 nitrogen and oxygen atoms in total. The molecule has 3 heteroatoms. The van der Waals surface area contributed by atoms with Crippen molar-refractivity contribution in [3.8, 4) is 5.75 Å². The molecule has 0 aliphatic heterocycles. The number of hydrogen-bond acceptors (Lipinski definition) is 3. The molecule has 0 aromatic heterocycles. The molecule has 17 heavy (non-hydrogen) atoms. The highest BCUT2D eigenvalue weighted by Crippen LogP contribution is 2.07. The van der Waals surface area contributed by atoms with Gasteiger partial charge in [0.2, 0.25) is 0 Å². The maximum atomic E-state index is 5.60. The van der Waals surface area contributed by atoms with Crippen LogP contribution in [0.2, 0.25) is 0 Å². The Hall–Kier alpha value is -1.06. The Bertz CT molecular complexity index is 277. The Kier molecular flexibility index (Phi) is 7.43. The highest BCUT2D eigenvalue weighted by molar-refractivity contribution is 5.20. The van der Waals surface area contributed by atoms with E-state index in [1.807, 2.05) is 30.3 Å². The molecule has 1 rings (SSSR count). The third kappa shape index (κ3) is 6.97. The molecule has 1 N–H and O–H groups in total. The smallest absolute Gasteiger partial charge is 0.119 e. The Labute approximate surface area is 105 Å². The van der Waals surface area contributed by atoms with E-state index < -0.39 is 0 Å². The van der Waals surface area contributed by atoms with Crippen molar-refractivity contribution in [1.82, 2.24) is 10.2 Å². The summed E-state index contributed by atoms with van der Waals surface area (Å²) >= 11 is 0. The fourth-order valence-electron chi connectivity index (χ4n) is 1.46. The molecule has 0 saturated heterocycles. The number of ether oxygens (including phenoxy) is 1.